The third-order valence-electron chi connectivity index (χ3n) is 5.30. The van der Waals surface area contributed by atoms with E-state index in [9.17, 15) is 19.2 Å². The lowest BCUT2D eigenvalue weighted by Crippen LogP contribution is -2.44. The summed E-state index contributed by atoms with van der Waals surface area (Å²) in [7, 11) is 0. The number of amides is 3. The zero-order chi connectivity index (χ0) is 21.8. The Hall–Kier alpha value is -3.52. The average Bonchev–Trinajstić information content (AvgIpc) is 2.91. The lowest BCUT2D eigenvalue weighted by atomic mass is 10.1. The maximum atomic E-state index is 12.9. The van der Waals surface area contributed by atoms with Gasteiger partial charge in [-0.05, 0) is 37.0 Å². The Labute approximate surface area is 179 Å². The number of benzene rings is 2. The van der Waals surface area contributed by atoms with Crippen molar-refractivity contribution < 1.29 is 28.8 Å². The summed E-state index contributed by atoms with van der Waals surface area (Å²) in [5.41, 5.74) is 1.32. The molecule has 0 spiro atoms. The molecule has 8 nitrogen and oxygen atoms in total. The van der Waals surface area contributed by atoms with Gasteiger partial charge in [0.2, 0.25) is 0 Å². The van der Waals surface area contributed by atoms with Crippen LogP contribution in [0.1, 0.15) is 45.5 Å². The Kier molecular flexibility index (Phi) is 6.08. The molecule has 1 fully saturated rings. The maximum absolute atomic E-state index is 12.9. The van der Waals surface area contributed by atoms with E-state index in [4.69, 9.17) is 9.57 Å². The van der Waals surface area contributed by atoms with Gasteiger partial charge in [-0.15, -0.1) is 0 Å². The minimum atomic E-state index is -0.855. The number of ether oxygens (including phenoxy) is 1. The lowest BCUT2D eigenvalue weighted by molar-refractivity contribution is -0.172. The SMILES string of the molecule is O=C(CN1CCCCC(OCc2ccccc2)C1=O)ON1C(=O)c2ccccc2C1=O. The van der Waals surface area contributed by atoms with Gasteiger partial charge >= 0.3 is 5.97 Å². The Morgan fingerprint density at radius 1 is 0.903 bits per heavy atom. The molecule has 1 saturated heterocycles. The molecule has 8 heteroatoms. The Morgan fingerprint density at radius 2 is 1.55 bits per heavy atom. The fourth-order valence-electron chi connectivity index (χ4n) is 3.69. The molecule has 2 aliphatic heterocycles. The van der Waals surface area contributed by atoms with Crippen LogP contribution in [0.2, 0.25) is 0 Å². The van der Waals surface area contributed by atoms with E-state index in [-0.39, 0.29) is 23.6 Å². The number of carbonyl (C=O) groups excluding carboxylic acids is 4. The Morgan fingerprint density at radius 3 is 2.23 bits per heavy atom. The summed E-state index contributed by atoms with van der Waals surface area (Å²) < 4.78 is 5.82. The molecule has 1 unspecified atom stereocenters. The molecule has 0 radical (unpaired) electrons. The van der Waals surface area contributed by atoms with E-state index in [1.54, 1.807) is 12.1 Å². The summed E-state index contributed by atoms with van der Waals surface area (Å²) >= 11 is 0. The van der Waals surface area contributed by atoms with Crippen molar-refractivity contribution in [2.75, 3.05) is 13.1 Å². The molecule has 0 aliphatic carbocycles. The lowest BCUT2D eigenvalue weighted by Gasteiger charge is -2.24. The highest BCUT2D eigenvalue weighted by atomic mass is 16.7. The van der Waals surface area contributed by atoms with Crippen LogP contribution in [-0.4, -0.2) is 52.8 Å². The van der Waals surface area contributed by atoms with Crippen molar-refractivity contribution in [1.29, 1.82) is 0 Å². The van der Waals surface area contributed by atoms with Crippen LogP contribution in [0.25, 0.3) is 0 Å². The van der Waals surface area contributed by atoms with Crippen LogP contribution in [-0.2, 0) is 25.8 Å². The zero-order valence-electron chi connectivity index (χ0n) is 16.9. The van der Waals surface area contributed by atoms with Gasteiger partial charge < -0.3 is 14.5 Å². The molecule has 31 heavy (non-hydrogen) atoms. The molecular weight excluding hydrogens is 400 g/mol. The molecule has 2 aliphatic rings. The van der Waals surface area contributed by atoms with E-state index in [1.165, 1.54) is 17.0 Å². The highest BCUT2D eigenvalue weighted by Crippen LogP contribution is 2.23. The van der Waals surface area contributed by atoms with Crippen molar-refractivity contribution in [2.45, 2.75) is 32.0 Å². The van der Waals surface area contributed by atoms with E-state index in [1.807, 2.05) is 30.3 Å². The molecule has 3 amide bonds. The monoisotopic (exact) mass is 422 g/mol. The van der Waals surface area contributed by atoms with Gasteiger partial charge in [-0.25, -0.2) is 4.79 Å². The first kappa shape index (κ1) is 20.7. The van der Waals surface area contributed by atoms with E-state index in [0.29, 0.717) is 24.6 Å². The summed E-state index contributed by atoms with van der Waals surface area (Å²) in [6, 6.07) is 15.8. The van der Waals surface area contributed by atoms with Crippen LogP contribution in [0.3, 0.4) is 0 Å². The van der Waals surface area contributed by atoms with Gasteiger partial charge in [0.25, 0.3) is 17.7 Å². The predicted molar refractivity (Wildman–Crippen MR) is 108 cm³/mol. The van der Waals surface area contributed by atoms with Crippen molar-refractivity contribution in [1.82, 2.24) is 9.96 Å². The number of hydrogen-bond acceptors (Lipinski definition) is 6. The fraction of sp³-hybridized carbons (Fsp3) is 0.304. The van der Waals surface area contributed by atoms with Crippen molar-refractivity contribution >= 4 is 23.7 Å². The normalized spacial score (nSPS) is 18.7. The smallest absolute Gasteiger partial charge is 0.352 e. The Bertz CT molecular complexity index is 971. The largest absolute Gasteiger partial charge is 0.364 e. The second-order valence-corrected chi connectivity index (χ2v) is 7.45. The number of likely N-dealkylation sites (tertiary alicyclic amines) is 1. The molecule has 2 aromatic rings. The number of carbonyl (C=O) groups is 4. The molecule has 4 rings (SSSR count). The van der Waals surface area contributed by atoms with Crippen molar-refractivity contribution in [2.24, 2.45) is 0 Å². The number of hydrogen-bond donors (Lipinski definition) is 0. The van der Waals surface area contributed by atoms with Gasteiger partial charge in [-0.3, -0.25) is 14.4 Å². The third kappa shape index (κ3) is 4.49. The summed E-state index contributed by atoms with van der Waals surface area (Å²) in [6.07, 6.45) is 1.41. The molecule has 160 valence electrons. The summed E-state index contributed by atoms with van der Waals surface area (Å²) in [5.74, 6) is -2.54. The van der Waals surface area contributed by atoms with Gasteiger partial charge in [0.1, 0.15) is 12.6 Å². The van der Waals surface area contributed by atoms with Crippen molar-refractivity contribution in [3.63, 3.8) is 0 Å². The molecule has 0 aromatic heterocycles. The highest BCUT2D eigenvalue weighted by molar-refractivity contribution is 6.20. The van der Waals surface area contributed by atoms with Gasteiger partial charge in [0.05, 0.1) is 17.7 Å². The molecule has 0 bridgehead atoms. The zero-order valence-corrected chi connectivity index (χ0v) is 16.9. The van der Waals surface area contributed by atoms with E-state index in [0.717, 1.165) is 18.4 Å². The standard InChI is InChI=1S/C23H22N2O6/c26-20(31-25-21(27)17-10-4-5-11-18(17)22(25)28)14-24-13-7-6-12-19(23(24)29)30-15-16-8-2-1-3-9-16/h1-5,8-11,19H,6-7,12-15H2. The summed E-state index contributed by atoms with van der Waals surface area (Å²) in [5, 5.41) is 0.457. The molecule has 0 N–H and O–H groups in total. The van der Waals surface area contributed by atoms with Gasteiger partial charge in [-0.1, -0.05) is 47.5 Å². The third-order valence-corrected chi connectivity index (χ3v) is 5.30. The van der Waals surface area contributed by atoms with E-state index in [2.05, 4.69) is 0 Å². The second kappa shape index (κ2) is 9.09. The number of hydroxylamine groups is 2. The van der Waals surface area contributed by atoms with Gasteiger partial charge in [0, 0.05) is 6.54 Å². The minimum absolute atomic E-state index is 0.181. The van der Waals surface area contributed by atoms with Crippen LogP contribution in [0.4, 0.5) is 0 Å². The average molecular weight is 422 g/mol. The molecular formula is C23H22N2O6. The van der Waals surface area contributed by atoms with Crippen LogP contribution in [0, 0.1) is 0 Å². The predicted octanol–water partition coefficient (Wildman–Crippen LogP) is 2.34. The topological polar surface area (TPSA) is 93.2 Å². The first-order valence-corrected chi connectivity index (χ1v) is 10.2. The van der Waals surface area contributed by atoms with E-state index >= 15 is 0 Å². The minimum Gasteiger partial charge on any atom is -0.364 e. The van der Waals surface area contributed by atoms with E-state index < -0.39 is 23.9 Å². The van der Waals surface area contributed by atoms with Gasteiger partial charge in [-0.2, -0.15) is 0 Å². The van der Waals surface area contributed by atoms with Crippen LogP contribution in [0.15, 0.2) is 54.6 Å². The van der Waals surface area contributed by atoms with Crippen LogP contribution >= 0.6 is 0 Å². The second-order valence-electron chi connectivity index (χ2n) is 7.45. The summed E-state index contributed by atoms with van der Waals surface area (Å²) in [6.45, 7) is 0.309. The Balaban J connectivity index is 1.36. The van der Waals surface area contributed by atoms with Crippen molar-refractivity contribution in [3.8, 4) is 0 Å². The first-order valence-electron chi connectivity index (χ1n) is 10.2. The van der Waals surface area contributed by atoms with Crippen molar-refractivity contribution in [3.05, 3.63) is 71.3 Å². The molecule has 1 atom stereocenters. The van der Waals surface area contributed by atoms with Crippen LogP contribution < -0.4 is 0 Å². The fourth-order valence-corrected chi connectivity index (χ4v) is 3.69. The first-order chi connectivity index (χ1) is 15.0. The molecule has 2 heterocycles. The number of fused-ring (bicyclic) bond motifs is 1. The number of nitrogens with zero attached hydrogens (tertiary/aromatic N) is 2. The number of rotatable bonds is 6. The highest BCUT2D eigenvalue weighted by Gasteiger charge is 2.39. The summed E-state index contributed by atoms with van der Waals surface area (Å²) in [4.78, 5) is 56.4. The maximum Gasteiger partial charge on any atom is 0.352 e. The molecule has 2 aromatic carbocycles. The van der Waals surface area contributed by atoms with Crippen LogP contribution in [0.5, 0.6) is 0 Å². The number of imide groups is 1. The molecule has 0 saturated carbocycles. The quantitative estimate of drug-likeness (QED) is 0.664. The van der Waals surface area contributed by atoms with Gasteiger partial charge in [0.15, 0.2) is 0 Å².